The molecule has 0 aromatic heterocycles. The van der Waals surface area contributed by atoms with Crippen LogP contribution in [0.2, 0.25) is 6.82 Å². The van der Waals surface area contributed by atoms with E-state index in [0.29, 0.717) is 0 Å². The molecule has 0 saturated carbocycles. The summed E-state index contributed by atoms with van der Waals surface area (Å²) >= 11 is 0. The molecule has 0 spiro atoms. The number of methoxy groups -OCH3 is 1. The first-order valence-corrected chi connectivity index (χ1v) is 4.09. The molecule has 0 N–H and O–H groups in total. The average Bonchev–Trinajstić information content (AvgIpc) is 2.78. The van der Waals surface area contributed by atoms with Gasteiger partial charge in [-0.05, 0) is 6.92 Å². The molecule has 1 aliphatic rings. The highest BCUT2D eigenvalue weighted by Gasteiger charge is 2.43. The lowest BCUT2D eigenvalue weighted by molar-refractivity contribution is 0.0756. The summed E-state index contributed by atoms with van der Waals surface area (Å²) in [4.78, 5) is 0. The Morgan fingerprint density at radius 1 is 1.64 bits per heavy atom. The molecular weight excluding hydrogens is 143 g/mol. The van der Waals surface area contributed by atoms with Crippen LogP contribution in [0.4, 0.5) is 0 Å². The fourth-order valence-electron chi connectivity index (χ4n) is 1.03. The van der Waals surface area contributed by atoms with Crippen LogP contribution in [0, 0.1) is 0 Å². The first-order valence-electron chi connectivity index (χ1n) is 4.09. The lowest BCUT2D eigenvalue weighted by Crippen LogP contribution is -2.20. The Hall–Kier alpha value is -0.0551. The Balaban J connectivity index is 2.07. The van der Waals surface area contributed by atoms with E-state index in [4.69, 9.17) is 14.2 Å². The fraction of sp³-hybridized carbons (Fsp3) is 1.00. The van der Waals surface area contributed by atoms with Gasteiger partial charge in [-0.2, -0.15) is 0 Å². The molecular formula is C7H15BO3. The number of hydrogen-bond donors (Lipinski definition) is 0. The van der Waals surface area contributed by atoms with Gasteiger partial charge >= 0.3 is 0 Å². The van der Waals surface area contributed by atoms with Gasteiger partial charge in [0.25, 0.3) is 0 Å². The minimum atomic E-state index is -0.0261. The molecule has 3 atom stereocenters. The topological polar surface area (TPSA) is 31.0 Å². The van der Waals surface area contributed by atoms with Crippen LogP contribution in [-0.4, -0.2) is 39.4 Å². The average molecular weight is 158 g/mol. The maximum Gasteiger partial charge on any atom is 0.186 e. The number of rotatable bonds is 5. The molecule has 1 heterocycles. The first kappa shape index (κ1) is 9.04. The largest absolute Gasteiger partial charge is 0.384 e. The van der Waals surface area contributed by atoms with E-state index >= 15 is 0 Å². The van der Waals surface area contributed by atoms with Crippen molar-refractivity contribution in [3.05, 3.63) is 0 Å². The van der Waals surface area contributed by atoms with E-state index in [1.807, 2.05) is 6.92 Å². The van der Waals surface area contributed by atoms with Crippen molar-refractivity contribution in [1.29, 1.82) is 0 Å². The van der Waals surface area contributed by atoms with Gasteiger partial charge in [0, 0.05) is 13.6 Å². The molecule has 2 unspecified atom stereocenters. The van der Waals surface area contributed by atoms with Crippen LogP contribution in [0.15, 0.2) is 0 Å². The molecule has 11 heavy (non-hydrogen) atoms. The number of hydrogen-bond acceptors (Lipinski definition) is 3. The summed E-state index contributed by atoms with van der Waals surface area (Å²) in [6.45, 7) is 4.91. The van der Waals surface area contributed by atoms with Crippen molar-refractivity contribution in [2.75, 3.05) is 13.6 Å². The van der Waals surface area contributed by atoms with E-state index in [2.05, 4.69) is 6.82 Å². The third kappa shape index (κ3) is 2.47. The second kappa shape index (κ2) is 4.09. The van der Waals surface area contributed by atoms with Crippen LogP contribution in [0.25, 0.3) is 0 Å². The monoisotopic (exact) mass is 158 g/mol. The summed E-state index contributed by atoms with van der Waals surface area (Å²) in [7, 11) is 2.70. The second-order valence-electron chi connectivity index (χ2n) is 2.78. The quantitative estimate of drug-likeness (QED) is 0.423. The van der Waals surface area contributed by atoms with Gasteiger partial charge in [-0.25, -0.2) is 0 Å². The minimum Gasteiger partial charge on any atom is -0.384 e. The molecule has 1 fully saturated rings. The summed E-state index contributed by atoms with van der Waals surface area (Å²) in [5, 5.41) is 0. The Morgan fingerprint density at radius 3 is 2.82 bits per heavy atom. The predicted molar refractivity (Wildman–Crippen MR) is 44.1 cm³/mol. The van der Waals surface area contributed by atoms with Crippen LogP contribution in [0.1, 0.15) is 6.92 Å². The zero-order valence-electron chi connectivity index (χ0n) is 7.37. The Kier molecular flexibility index (Phi) is 3.36. The third-order valence-electron chi connectivity index (χ3n) is 1.76. The van der Waals surface area contributed by atoms with E-state index in [0.717, 1.165) is 13.8 Å². The summed E-state index contributed by atoms with van der Waals surface area (Å²) in [5.41, 5.74) is 0. The third-order valence-corrected chi connectivity index (χ3v) is 1.76. The molecule has 1 aliphatic heterocycles. The molecule has 1 rings (SSSR count). The van der Waals surface area contributed by atoms with Gasteiger partial charge in [0.05, 0.1) is 6.10 Å². The summed E-state index contributed by atoms with van der Waals surface area (Å²) in [6, 6.07) is 0. The van der Waals surface area contributed by atoms with Crippen molar-refractivity contribution < 1.29 is 14.2 Å². The molecule has 0 bridgehead atoms. The maximum absolute atomic E-state index is 5.44. The summed E-state index contributed by atoms with van der Waals surface area (Å²) in [5.74, 6) is 0. The van der Waals surface area contributed by atoms with E-state index in [1.54, 1.807) is 7.11 Å². The van der Waals surface area contributed by atoms with Crippen molar-refractivity contribution in [3.63, 3.8) is 0 Å². The Morgan fingerprint density at radius 2 is 2.36 bits per heavy atom. The van der Waals surface area contributed by atoms with Crippen molar-refractivity contribution >= 4 is 7.28 Å². The molecule has 0 aliphatic carbocycles. The molecule has 0 amide bonds. The zero-order chi connectivity index (χ0) is 8.27. The van der Waals surface area contributed by atoms with Gasteiger partial charge in [0.2, 0.25) is 0 Å². The van der Waals surface area contributed by atoms with Crippen LogP contribution in [-0.2, 0) is 14.2 Å². The van der Waals surface area contributed by atoms with Gasteiger partial charge in [-0.3, -0.25) is 0 Å². The lowest BCUT2D eigenvalue weighted by Gasteiger charge is -2.07. The highest BCUT2D eigenvalue weighted by molar-refractivity contribution is 6.33. The van der Waals surface area contributed by atoms with Crippen LogP contribution < -0.4 is 0 Å². The first-order chi connectivity index (χ1) is 5.29. The summed E-state index contributed by atoms with van der Waals surface area (Å²) in [6.07, 6.45) is 0.299. The van der Waals surface area contributed by atoms with E-state index < -0.39 is 0 Å². The standard InChI is InChI=1S/C7H15BO3/c1-5(10-4-8-2)6-7(9-3)11-6/h5-8H,4H2,1-3H3/t5?,6-,7?/m0/s1. The van der Waals surface area contributed by atoms with Gasteiger partial charge in [0.1, 0.15) is 13.4 Å². The van der Waals surface area contributed by atoms with E-state index in [-0.39, 0.29) is 18.5 Å². The van der Waals surface area contributed by atoms with Crippen molar-refractivity contribution in [1.82, 2.24) is 0 Å². The molecule has 0 aromatic rings. The van der Waals surface area contributed by atoms with Gasteiger partial charge in [-0.1, -0.05) is 6.82 Å². The minimum absolute atomic E-state index is 0.0261. The highest BCUT2D eigenvalue weighted by atomic mass is 16.8. The normalized spacial score (nSPS) is 31.5. The smallest absolute Gasteiger partial charge is 0.186 e. The van der Waals surface area contributed by atoms with Crippen LogP contribution in [0.3, 0.4) is 0 Å². The van der Waals surface area contributed by atoms with Gasteiger partial charge < -0.3 is 14.2 Å². The van der Waals surface area contributed by atoms with Crippen molar-refractivity contribution in [3.8, 4) is 0 Å². The zero-order valence-corrected chi connectivity index (χ0v) is 7.37. The lowest BCUT2D eigenvalue weighted by atomic mass is 9.84. The van der Waals surface area contributed by atoms with Gasteiger partial charge in [0.15, 0.2) is 6.29 Å². The molecule has 4 heteroatoms. The second-order valence-corrected chi connectivity index (χ2v) is 2.78. The maximum atomic E-state index is 5.44. The number of epoxide rings is 1. The highest BCUT2D eigenvalue weighted by Crippen LogP contribution is 2.27. The van der Waals surface area contributed by atoms with E-state index in [1.165, 1.54) is 0 Å². The van der Waals surface area contributed by atoms with Crippen molar-refractivity contribution in [2.24, 2.45) is 0 Å². The Bertz CT molecular complexity index is 120. The summed E-state index contributed by atoms with van der Waals surface area (Å²) < 4.78 is 15.6. The van der Waals surface area contributed by atoms with Crippen LogP contribution >= 0.6 is 0 Å². The van der Waals surface area contributed by atoms with Crippen molar-refractivity contribution in [2.45, 2.75) is 32.2 Å². The SMILES string of the molecule is CBCOC(C)[C@@H]1OC1OC. The predicted octanol–water partition coefficient (Wildman–Crippen LogP) is 0.205. The van der Waals surface area contributed by atoms with Gasteiger partial charge in [-0.15, -0.1) is 0 Å². The van der Waals surface area contributed by atoms with E-state index in [9.17, 15) is 0 Å². The Labute approximate surface area is 68.3 Å². The number of ether oxygens (including phenoxy) is 3. The fourth-order valence-corrected chi connectivity index (χ4v) is 1.03. The molecule has 0 aromatic carbocycles. The molecule has 3 nitrogen and oxygen atoms in total. The van der Waals surface area contributed by atoms with Crippen LogP contribution in [0.5, 0.6) is 0 Å². The molecule has 64 valence electrons. The molecule has 0 radical (unpaired) electrons. The molecule has 1 saturated heterocycles.